The maximum Gasteiger partial charge on any atom is 0.169 e. The van der Waals surface area contributed by atoms with Crippen molar-refractivity contribution < 1.29 is 29.2 Å². The predicted octanol–water partition coefficient (Wildman–Crippen LogP) is 3.34. The fraction of sp³-hybridized carbons (Fsp3) is 0.538. The van der Waals surface area contributed by atoms with Gasteiger partial charge in [-0.25, -0.2) is 0 Å². The number of hydrogen-bond donors (Lipinski definition) is 2. The van der Waals surface area contributed by atoms with Gasteiger partial charge in [0.1, 0.15) is 36.6 Å². The summed E-state index contributed by atoms with van der Waals surface area (Å²) in [5.74, 6) is -0.680. The lowest BCUT2D eigenvalue weighted by molar-refractivity contribution is -0.223. The monoisotopic (exact) mass is 440 g/mol. The third kappa shape index (κ3) is 4.49. The van der Waals surface area contributed by atoms with E-state index in [4.69, 9.17) is 18.9 Å². The highest BCUT2D eigenvalue weighted by Gasteiger charge is 2.61. The van der Waals surface area contributed by atoms with Gasteiger partial charge < -0.3 is 29.2 Å². The first kappa shape index (κ1) is 22.0. The second kappa shape index (κ2) is 9.59. The zero-order chi connectivity index (χ0) is 22.0. The van der Waals surface area contributed by atoms with Crippen molar-refractivity contribution in [2.45, 2.75) is 87.7 Å². The molecular weight excluding hydrogens is 408 g/mol. The molecule has 0 amide bonds. The van der Waals surface area contributed by atoms with Crippen LogP contribution in [0.4, 0.5) is 0 Å². The molecule has 0 radical (unpaired) electrons. The summed E-state index contributed by atoms with van der Waals surface area (Å²) < 4.78 is 25.3. The molecule has 1 saturated heterocycles. The summed E-state index contributed by atoms with van der Waals surface area (Å²) in [7, 11) is 0. The number of fused-ring (bicyclic) bond motifs is 1. The SMILES string of the molecule is O[C@@H]1[C@@H](O)[C@@H](OCc2ccccc2)[C@H]2OC3(CCCCC3)O[C@H]2[C@@H]1OCc1ccccc1. The van der Waals surface area contributed by atoms with Crippen LogP contribution in [0.1, 0.15) is 43.2 Å². The lowest BCUT2D eigenvalue weighted by Gasteiger charge is -2.43. The van der Waals surface area contributed by atoms with Gasteiger partial charge in [0.15, 0.2) is 5.79 Å². The van der Waals surface area contributed by atoms with Gasteiger partial charge in [0.05, 0.1) is 13.2 Å². The largest absolute Gasteiger partial charge is 0.387 e. The van der Waals surface area contributed by atoms with Crippen LogP contribution >= 0.6 is 0 Å². The first-order valence-electron chi connectivity index (χ1n) is 11.7. The molecule has 1 heterocycles. The molecule has 2 aromatic rings. The fourth-order valence-electron chi connectivity index (χ4n) is 5.19. The Morgan fingerprint density at radius 2 is 1.12 bits per heavy atom. The molecule has 6 heteroatoms. The zero-order valence-corrected chi connectivity index (χ0v) is 18.2. The second-order valence-corrected chi connectivity index (χ2v) is 9.14. The van der Waals surface area contributed by atoms with Crippen molar-refractivity contribution in [3.05, 3.63) is 71.8 Å². The van der Waals surface area contributed by atoms with Crippen molar-refractivity contribution in [2.24, 2.45) is 0 Å². The average molecular weight is 441 g/mol. The van der Waals surface area contributed by atoms with E-state index in [9.17, 15) is 10.2 Å². The number of aliphatic hydroxyl groups excluding tert-OH is 2. The van der Waals surface area contributed by atoms with Gasteiger partial charge in [0, 0.05) is 12.8 Å². The van der Waals surface area contributed by atoms with Crippen LogP contribution in [-0.4, -0.2) is 52.6 Å². The standard InChI is InChI=1S/C26H32O6/c27-20-21(28)23(30-17-19-12-6-2-7-13-19)25-24(31-26(32-25)14-8-3-9-15-26)22(20)29-16-18-10-4-1-5-11-18/h1-2,4-7,10-13,20-25,27-28H,3,8-9,14-17H2/t20-,21-,22-,23-,24-,25+/m1/s1. The van der Waals surface area contributed by atoms with Crippen molar-refractivity contribution >= 4 is 0 Å². The molecule has 32 heavy (non-hydrogen) atoms. The Hall–Kier alpha value is -1.80. The van der Waals surface area contributed by atoms with E-state index in [1.807, 2.05) is 60.7 Å². The quantitative estimate of drug-likeness (QED) is 0.718. The summed E-state index contributed by atoms with van der Waals surface area (Å²) >= 11 is 0. The molecular formula is C26H32O6. The number of benzene rings is 2. The molecule has 2 saturated carbocycles. The minimum absolute atomic E-state index is 0.324. The first-order chi connectivity index (χ1) is 15.7. The number of rotatable bonds is 6. The Balaban J connectivity index is 1.36. The zero-order valence-electron chi connectivity index (χ0n) is 18.2. The van der Waals surface area contributed by atoms with E-state index in [1.54, 1.807) is 0 Å². The number of aliphatic hydroxyl groups is 2. The van der Waals surface area contributed by atoms with Gasteiger partial charge in [-0.15, -0.1) is 0 Å². The van der Waals surface area contributed by atoms with Crippen LogP contribution in [0.15, 0.2) is 60.7 Å². The van der Waals surface area contributed by atoms with E-state index in [0.717, 1.165) is 43.2 Å². The lowest BCUT2D eigenvalue weighted by Crippen LogP contribution is -2.63. The highest BCUT2D eigenvalue weighted by atomic mass is 16.8. The Morgan fingerprint density at radius 3 is 1.56 bits per heavy atom. The Labute approximate surface area is 189 Å². The number of hydrogen-bond acceptors (Lipinski definition) is 6. The summed E-state index contributed by atoms with van der Waals surface area (Å²) in [5, 5.41) is 22.1. The van der Waals surface area contributed by atoms with E-state index in [-0.39, 0.29) is 0 Å². The average Bonchev–Trinajstić information content (AvgIpc) is 3.19. The Kier molecular flexibility index (Phi) is 6.60. The lowest BCUT2D eigenvalue weighted by atomic mass is 9.84. The van der Waals surface area contributed by atoms with Crippen molar-refractivity contribution in [3.8, 4) is 0 Å². The van der Waals surface area contributed by atoms with Crippen molar-refractivity contribution in [3.63, 3.8) is 0 Å². The molecule has 3 aliphatic rings. The minimum Gasteiger partial charge on any atom is -0.387 e. The molecule has 2 N–H and O–H groups in total. The molecule has 1 aliphatic heterocycles. The summed E-state index contributed by atoms with van der Waals surface area (Å²) in [6, 6.07) is 19.6. The third-order valence-corrected chi connectivity index (χ3v) is 6.88. The summed E-state index contributed by atoms with van der Waals surface area (Å²) in [6.45, 7) is 0.648. The Bertz CT molecular complexity index is 788. The third-order valence-electron chi connectivity index (χ3n) is 6.88. The van der Waals surface area contributed by atoms with Crippen LogP contribution in [-0.2, 0) is 32.2 Å². The highest BCUT2D eigenvalue weighted by Crippen LogP contribution is 2.46. The molecule has 5 rings (SSSR count). The van der Waals surface area contributed by atoms with E-state index >= 15 is 0 Å². The first-order valence-corrected chi connectivity index (χ1v) is 11.7. The van der Waals surface area contributed by atoms with Crippen molar-refractivity contribution in [2.75, 3.05) is 0 Å². The van der Waals surface area contributed by atoms with Crippen LogP contribution in [0.3, 0.4) is 0 Å². The van der Waals surface area contributed by atoms with E-state index in [1.165, 1.54) is 0 Å². The van der Waals surface area contributed by atoms with Gasteiger partial charge in [0.2, 0.25) is 0 Å². The number of ether oxygens (including phenoxy) is 4. The van der Waals surface area contributed by atoms with Gasteiger partial charge in [-0.3, -0.25) is 0 Å². The van der Waals surface area contributed by atoms with Crippen molar-refractivity contribution in [1.29, 1.82) is 0 Å². The van der Waals surface area contributed by atoms with Crippen LogP contribution in [0.25, 0.3) is 0 Å². The van der Waals surface area contributed by atoms with Crippen LogP contribution in [0.5, 0.6) is 0 Å². The van der Waals surface area contributed by atoms with Gasteiger partial charge in [-0.2, -0.15) is 0 Å². The normalized spacial score (nSPS) is 33.8. The van der Waals surface area contributed by atoms with E-state index in [0.29, 0.717) is 13.2 Å². The predicted molar refractivity (Wildman–Crippen MR) is 118 cm³/mol. The molecule has 6 nitrogen and oxygen atoms in total. The topological polar surface area (TPSA) is 77.4 Å². The van der Waals surface area contributed by atoms with Crippen molar-refractivity contribution in [1.82, 2.24) is 0 Å². The second-order valence-electron chi connectivity index (χ2n) is 9.14. The van der Waals surface area contributed by atoms with Crippen LogP contribution in [0.2, 0.25) is 0 Å². The van der Waals surface area contributed by atoms with Gasteiger partial charge >= 0.3 is 0 Å². The molecule has 2 aromatic carbocycles. The maximum absolute atomic E-state index is 11.0. The molecule has 6 atom stereocenters. The van der Waals surface area contributed by atoms with Crippen LogP contribution < -0.4 is 0 Å². The summed E-state index contributed by atoms with van der Waals surface area (Å²) in [4.78, 5) is 0. The summed E-state index contributed by atoms with van der Waals surface area (Å²) in [6.07, 6.45) is 0.174. The fourth-order valence-corrected chi connectivity index (χ4v) is 5.19. The van der Waals surface area contributed by atoms with E-state index in [2.05, 4.69) is 0 Å². The maximum atomic E-state index is 11.0. The molecule has 0 unspecified atom stereocenters. The highest BCUT2D eigenvalue weighted by molar-refractivity contribution is 5.15. The molecule has 0 bridgehead atoms. The Morgan fingerprint density at radius 1 is 0.688 bits per heavy atom. The smallest absolute Gasteiger partial charge is 0.169 e. The van der Waals surface area contributed by atoms with Gasteiger partial charge in [-0.05, 0) is 24.0 Å². The summed E-state index contributed by atoms with van der Waals surface area (Å²) in [5.41, 5.74) is 2.00. The minimum atomic E-state index is -1.14. The van der Waals surface area contributed by atoms with E-state index < -0.39 is 42.4 Å². The molecule has 1 spiro atoms. The van der Waals surface area contributed by atoms with Gasteiger partial charge in [-0.1, -0.05) is 67.1 Å². The van der Waals surface area contributed by atoms with Crippen LogP contribution in [0, 0.1) is 0 Å². The molecule has 0 aromatic heterocycles. The van der Waals surface area contributed by atoms with Gasteiger partial charge in [0.25, 0.3) is 0 Å². The molecule has 172 valence electrons. The molecule has 2 aliphatic carbocycles. The molecule has 3 fully saturated rings.